The molecule has 1 saturated heterocycles. The number of urea groups is 1. The Labute approximate surface area is 146 Å². The van der Waals surface area contributed by atoms with Gasteiger partial charge in [-0.3, -0.25) is 10.0 Å². The van der Waals surface area contributed by atoms with Crippen molar-refractivity contribution in [2.75, 3.05) is 19.8 Å². The maximum Gasteiger partial charge on any atom is 0.318 e. The van der Waals surface area contributed by atoms with Crippen LogP contribution in [0.2, 0.25) is 0 Å². The fourth-order valence-corrected chi connectivity index (χ4v) is 3.04. The molecule has 2 heterocycles. The molecular weight excluding hydrogens is 326 g/mol. The number of nitrogens with zero attached hydrogens (tertiary/aromatic N) is 1. The number of carbonyl (C=O) groups excluding carboxylic acids is 2. The molecule has 3 rings (SSSR count). The normalized spacial score (nSPS) is 20.9. The van der Waals surface area contributed by atoms with Gasteiger partial charge < -0.3 is 19.7 Å². The molecule has 0 spiro atoms. The summed E-state index contributed by atoms with van der Waals surface area (Å²) in [6, 6.07) is 4.82. The number of amides is 3. The number of nitrogens with one attached hydrogen (secondary N) is 2. The third-order valence-electron chi connectivity index (χ3n) is 4.59. The van der Waals surface area contributed by atoms with E-state index in [9.17, 15) is 9.59 Å². The lowest BCUT2D eigenvalue weighted by atomic mass is 10.1. The lowest BCUT2D eigenvalue weighted by molar-refractivity contribution is 0.0706. The fraction of sp³-hybridized carbons (Fsp3) is 0.529. The first-order valence-electron chi connectivity index (χ1n) is 8.43. The molecular formula is C17H23N3O5. The van der Waals surface area contributed by atoms with Crippen LogP contribution in [0.3, 0.4) is 0 Å². The SMILES string of the molecule is C[C@H]1COc2cc(C(=O)NO)ccc2CN1C(=O)NC1CCOCC1. The first-order valence-corrected chi connectivity index (χ1v) is 8.43. The van der Waals surface area contributed by atoms with Gasteiger partial charge in [0.1, 0.15) is 12.4 Å². The summed E-state index contributed by atoms with van der Waals surface area (Å²) in [5.74, 6) is -0.0490. The van der Waals surface area contributed by atoms with Crippen molar-refractivity contribution in [2.24, 2.45) is 0 Å². The highest BCUT2D eigenvalue weighted by Crippen LogP contribution is 2.26. The highest BCUT2D eigenvalue weighted by molar-refractivity contribution is 5.93. The van der Waals surface area contributed by atoms with Gasteiger partial charge in [0.2, 0.25) is 0 Å². The molecule has 25 heavy (non-hydrogen) atoms. The lowest BCUT2D eigenvalue weighted by Gasteiger charge is -2.30. The molecule has 0 unspecified atom stereocenters. The van der Waals surface area contributed by atoms with E-state index in [1.54, 1.807) is 28.6 Å². The Morgan fingerprint density at radius 3 is 2.76 bits per heavy atom. The van der Waals surface area contributed by atoms with Crippen LogP contribution < -0.4 is 15.5 Å². The average Bonchev–Trinajstić information content (AvgIpc) is 2.80. The maximum absolute atomic E-state index is 12.7. The highest BCUT2D eigenvalue weighted by Gasteiger charge is 2.28. The van der Waals surface area contributed by atoms with Crippen molar-refractivity contribution in [3.05, 3.63) is 29.3 Å². The summed E-state index contributed by atoms with van der Waals surface area (Å²) in [5.41, 5.74) is 2.73. The molecule has 0 aromatic heterocycles. The molecule has 2 aliphatic heterocycles. The summed E-state index contributed by atoms with van der Waals surface area (Å²) in [6.45, 7) is 3.99. The molecule has 1 fully saturated rings. The molecule has 2 aliphatic rings. The van der Waals surface area contributed by atoms with E-state index in [2.05, 4.69) is 5.32 Å². The van der Waals surface area contributed by atoms with Crippen LogP contribution in [-0.4, -0.2) is 53.9 Å². The van der Waals surface area contributed by atoms with E-state index in [1.807, 2.05) is 6.92 Å². The second kappa shape index (κ2) is 7.71. The molecule has 3 N–H and O–H groups in total. The number of rotatable bonds is 2. The van der Waals surface area contributed by atoms with Gasteiger partial charge >= 0.3 is 6.03 Å². The quantitative estimate of drug-likeness (QED) is 0.552. The molecule has 0 radical (unpaired) electrons. The topological polar surface area (TPSA) is 100 Å². The molecule has 0 aliphatic carbocycles. The van der Waals surface area contributed by atoms with Crippen molar-refractivity contribution < 1.29 is 24.3 Å². The van der Waals surface area contributed by atoms with Gasteiger partial charge in [-0.1, -0.05) is 6.07 Å². The Kier molecular flexibility index (Phi) is 5.40. The largest absolute Gasteiger partial charge is 0.491 e. The van der Waals surface area contributed by atoms with Crippen molar-refractivity contribution in [3.8, 4) is 5.75 Å². The highest BCUT2D eigenvalue weighted by atomic mass is 16.5. The van der Waals surface area contributed by atoms with E-state index < -0.39 is 5.91 Å². The number of fused-ring (bicyclic) bond motifs is 1. The van der Waals surface area contributed by atoms with Gasteiger partial charge in [-0.25, -0.2) is 10.3 Å². The monoisotopic (exact) mass is 349 g/mol. The number of hydroxylamine groups is 1. The van der Waals surface area contributed by atoms with Crippen LogP contribution in [0.5, 0.6) is 5.75 Å². The molecule has 1 atom stereocenters. The smallest absolute Gasteiger partial charge is 0.318 e. The number of hydrogen-bond acceptors (Lipinski definition) is 5. The van der Waals surface area contributed by atoms with Crippen molar-refractivity contribution >= 4 is 11.9 Å². The summed E-state index contributed by atoms with van der Waals surface area (Å²) in [5, 5.41) is 11.8. The van der Waals surface area contributed by atoms with Crippen LogP contribution in [0.4, 0.5) is 4.79 Å². The summed E-state index contributed by atoms with van der Waals surface area (Å²) >= 11 is 0. The number of ether oxygens (including phenoxy) is 2. The predicted molar refractivity (Wildman–Crippen MR) is 88.6 cm³/mol. The number of benzene rings is 1. The molecule has 0 bridgehead atoms. The second-order valence-electron chi connectivity index (χ2n) is 6.39. The van der Waals surface area contributed by atoms with Crippen molar-refractivity contribution in [1.29, 1.82) is 0 Å². The standard InChI is InChI=1S/C17H23N3O5/c1-11-10-25-15-8-12(16(21)19-23)2-3-13(15)9-20(11)17(22)18-14-4-6-24-7-5-14/h2-3,8,11,14,23H,4-7,9-10H2,1H3,(H,18,22)(H,19,21)/t11-/m0/s1. The molecule has 0 saturated carbocycles. The van der Waals surface area contributed by atoms with Crippen molar-refractivity contribution in [3.63, 3.8) is 0 Å². The van der Waals surface area contributed by atoms with Crippen molar-refractivity contribution in [2.45, 2.75) is 38.4 Å². The lowest BCUT2D eigenvalue weighted by Crippen LogP contribution is -2.50. The van der Waals surface area contributed by atoms with E-state index >= 15 is 0 Å². The Balaban J connectivity index is 1.73. The van der Waals surface area contributed by atoms with Gasteiger partial charge in [-0.15, -0.1) is 0 Å². The van der Waals surface area contributed by atoms with E-state index in [-0.39, 0.29) is 18.1 Å². The van der Waals surface area contributed by atoms with Gasteiger partial charge in [0.25, 0.3) is 5.91 Å². The van der Waals surface area contributed by atoms with Crippen LogP contribution in [-0.2, 0) is 11.3 Å². The summed E-state index contributed by atoms with van der Waals surface area (Å²) in [7, 11) is 0. The van der Waals surface area contributed by atoms with E-state index in [0.29, 0.717) is 37.7 Å². The third kappa shape index (κ3) is 4.02. The van der Waals surface area contributed by atoms with Crippen LogP contribution in [0.25, 0.3) is 0 Å². The van der Waals surface area contributed by atoms with Crippen LogP contribution >= 0.6 is 0 Å². The molecule has 8 nitrogen and oxygen atoms in total. The van der Waals surface area contributed by atoms with Crippen LogP contribution in [0.1, 0.15) is 35.7 Å². The minimum atomic E-state index is -0.599. The molecule has 136 valence electrons. The average molecular weight is 349 g/mol. The van der Waals surface area contributed by atoms with Crippen molar-refractivity contribution in [1.82, 2.24) is 15.7 Å². The zero-order valence-electron chi connectivity index (χ0n) is 14.2. The minimum absolute atomic E-state index is 0.109. The molecule has 3 amide bonds. The second-order valence-corrected chi connectivity index (χ2v) is 6.39. The minimum Gasteiger partial charge on any atom is -0.491 e. The summed E-state index contributed by atoms with van der Waals surface area (Å²) in [4.78, 5) is 26.0. The van der Waals surface area contributed by atoms with Crippen LogP contribution in [0, 0.1) is 0 Å². The molecule has 8 heteroatoms. The Morgan fingerprint density at radius 2 is 2.04 bits per heavy atom. The molecule has 1 aromatic rings. The Bertz CT molecular complexity index is 645. The van der Waals surface area contributed by atoms with Gasteiger partial charge in [0.05, 0.1) is 12.6 Å². The van der Waals surface area contributed by atoms with E-state index in [1.165, 1.54) is 0 Å². The van der Waals surface area contributed by atoms with Gasteiger partial charge in [0, 0.05) is 30.4 Å². The fourth-order valence-electron chi connectivity index (χ4n) is 3.04. The Morgan fingerprint density at radius 1 is 1.28 bits per heavy atom. The van der Waals surface area contributed by atoms with E-state index in [0.717, 1.165) is 18.4 Å². The summed E-state index contributed by atoms with van der Waals surface area (Å²) < 4.78 is 11.1. The van der Waals surface area contributed by atoms with E-state index in [4.69, 9.17) is 14.7 Å². The summed E-state index contributed by atoms with van der Waals surface area (Å²) in [6.07, 6.45) is 1.64. The Hall–Kier alpha value is -2.32. The zero-order valence-corrected chi connectivity index (χ0v) is 14.2. The third-order valence-corrected chi connectivity index (χ3v) is 4.59. The first kappa shape index (κ1) is 17.5. The molecule has 1 aromatic carbocycles. The van der Waals surface area contributed by atoms with Gasteiger partial charge in [-0.05, 0) is 31.9 Å². The van der Waals surface area contributed by atoms with Crippen LogP contribution in [0.15, 0.2) is 18.2 Å². The van der Waals surface area contributed by atoms with Gasteiger partial charge in [-0.2, -0.15) is 0 Å². The number of hydrogen-bond donors (Lipinski definition) is 3. The zero-order chi connectivity index (χ0) is 17.8. The van der Waals surface area contributed by atoms with Gasteiger partial charge in [0.15, 0.2) is 0 Å². The number of carbonyl (C=O) groups is 2. The predicted octanol–water partition coefficient (Wildman–Crippen LogP) is 1.28. The first-order chi connectivity index (χ1) is 12.1. The maximum atomic E-state index is 12.7.